The van der Waals surface area contributed by atoms with Crippen LogP contribution in [0.3, 0.4) is 0 Å². The molecular formula is C19H26FN. The largest absolute Gasteiger partial charge is 0.382 e. The summed E-state index contributed by atoms with van der Waals surface area (Å²) < 4.78 is 13.4. The molecule has 1 aromatic rings. The van der Waals surface area contributed by atoms with Crippen LogP contribution in [-0.4, -0.2) is 6.04 Å². The number of hydrogen-bond acceptors (Lipinski definition) is 1. The molecule has 4 aliphatic carbocycles. The van der Waals surface area contributed by atoms with Crippen molar-refractivity contribution in [2.75, 3.05) is 5.32 Å². The highest BCUT2D eigenvalue weighted by molar-refractivity contribution is 5.47. The second-order valence-corrected chi connectivity index (χ2v) is 8.11. The zero-order chi connectivity index (χ0) is 14.6. The Labute approximate surface area is 127 Å². The number of benzene rings is 1. The molecule has 1 unspecified atom stereocenters. The van der Waals surface area contributed by atoms with Gasteiger partial charge in [0.1, 0.15) is 5.82 Å². The van der Waals surface area contributed by atoms with Gasteiger partial charge in [-0.3, -0.25) is 0 Å². The van der Waals surface area contributed by atoms with Gasteiger partial charge in [-0.05, 0) is 99.3 Å². The number of hydrogen-bond donors (Lipinski definition) is 1. The maximum atomic E-state index is 13.4. The first-order valence-corrected chi connectivity index (χ1v) is 8.57. The van der Waals surface area contributed by atoms with Crippen LogP contribution >= 0.6 is 0 Å². The maximum absolute atomic E-state index is 13.4. The molecule has 4 aliphatic rings. The molecule has 1 N–H and O–H groups in total. The summed E-state index contributed by atoms with van der Waals surface area (Å²) >= 11 is 0. The number of anilines is 1. The summed E-state index contributed by atoms with van der Waals surface area (Å²) in [6, 6.07) is 5.92. The molecule has 2 heteroatoms. The van der Waals surface area contributed by atoms with E-state index in [0.29, 0.717) is 11.5 Å². The predicted octanol–water partition coefficient (Wildman–Crippen LogP) is 5.15. The van der Waals surface area contributed by atoms with Gasteiger partial charge in [-0.1, -0.05) is 0 Å². The summed E-state index contributed by atoms with van der Waals surface area (Å²) in [4.78, 5) is 0. The summed E-state index contributed by atoms with van der Waals surface area (Å²) in [5, 5.41) is 3.70. The van der Waals surface area contributed by atoms with E-state index in [4.69, 9.17) is 0 Å². The van der Waals surface area contributed by atoms with Gasteiger partial charge in [-0.25, -0.2) is 4.39 Å². The van der Waals surface area contributed by atoms with Gasteiger partial charge < -0.3 is 5.32 Å². The minimum Gasteiger partial charge on any atom is -0.382 e. The Balaban J connectivity index is 1.54. The van der Waals surface area contributed by atoms with Crippen molar-refractivity contribution < 1.29 is 4.39 Å². The van der Waals surface area contributed by atoms with E-state index in [2.05, 4.69) is 12.2 Å². The lowest BCUT2D eigenvalue weighted by Gasteiger charge is -2.59. The Hall–Kier alpha value is -1.05. The van der Waals surface area contributed by atoms with Crippen molar-refractivity contribution in [1.82, 2.24) is 0 Å². The molecule has 0 heterocycles. The maximum Gasteiger partial charge on any atom is 0.126 e. The van der Waals surface area contributed by atoms with Crippen LogP contribution in [0.4, 0.5) is 10.1 Å². The number of nitrogens with one attached hydrogen (secondary N) is 1. The molecule has 1 aromatic carbocycles. The second kappa shape index (κ2) is 4.72. The second-order valence-electron chi connectivity index (χ2n) is 8.11. The van der Waals surface area contributed by atoms with Crippen LogP contribution in [0.25, 0.3) is 0 Å². The van der Waals surface area contributed by atoms with E-state index < -0.39 is 0 Å². The van der Waals surface area contributed by atoms with E-state index in [1.54, 1.807) is 6.07 Å². The zero-order valence-corrected chi connectivity index (χ0v) is 13.2. The highest BCUT2D eigenvalue weighted by atomic mass is 19.1. The average molecular weight is 287 g/mol. The number of rotatable bonds is 3. The van der Waals surface area contributed by atoms with E-state index in [1.165, 1.54) is 38.5 Å². The molecule has 0 saturated heterocycles. The Bertz CT molecular complexity index is 515. The zero-order valence-electron chi connectivity index (χ0n) is 13.2. The topological polar surface area (TPSA) is 12.0 Å². The fourth-order valence-corrected chi connectivity index (χ4v) is 5.85. The Morgan fingerprint density at radius 1 is 1.10 bits per heavy atom. The first-order valence-electron chi connectivity index (χ1n) is 8.57. The minimum atomic E-state index is -0.108. The van der Waals surface area contributed by atoms with Gasteiger partial charge in [-0.2, -0.15) is 0 Å². The van der Waals surface area contributed by atoms with Gasteiger partial charge >= 0.3 is 0 Å². The lowest BCUT2D eigenvalue weighted by atomic mass is 9.48. The molecule has 1 nitrogen and oxygen atoms in total. The lowest BCUT2D eigenvalue weighted by molar-refractivity contribution is -0.0602. The molecule has 0 amide bonds. The standard InChI is InChI=1S/C19H26FN/c1-12-5-17(3-4-18(12)20)21-13(2)19-9-14-6-15(10-19)8-16(7-14)11-19/h3-5,13-16,21H,6-11H2,1-2H3. The summed E-state index contributed by atoms with van der Waals surface area (Å²) in [5.74, 6) is 2.84. The summed E-state index contributed by atoms with van der Waals surface area (Å²) in [6.45, 7) is 4.20. The monoisotopic (exact) mass is 287 g/mol. The van der Waals surface area contributed by atoms with Crippen LogP contribution < -0.4 is 5.32 Å². The summed E-state index contributed by atoms with van der Waals surface area (Å²) in [5.41, 5.74) is 2.31. The van der Waals surface area contributed by atoms with Gasteiger partial charge in [0.25, 0.3) is 0 Å². The van der Waals surface area contributed by atoms with Crippen LogP contribution in [-0.2, 0) is 0 Å². The molecule has 21 heavy (non-hydrogen) atoms. The Morgan fingerprint density at radius 2 is 1.67 bits per heavy atom. The van der Waals surface area contributed by atoms with Crippen molar-refractivity contribution in [3.63, 3.8) is 0 Å². The fourth-order valence-electron chi connectivity index (χ4n) is 5.85. The third kappa shape index (κ3) is 2.27. The normalized spacial score (nSPS) is 38.5. The van der Waals surface area contributed by atoms with Crippen molar-refractivity contribution in [2.24, 2.45) is 23.2 Å². The van der Waals surface area contributed by atoms with Crippen molar-refractivity contribution in [2.45, 2.75) is 58.4 Å². The van der Waals surface area contributed by atoms with Crippen LogP contribution in [0.2, 0.25) is 0 Å². The van der Waals surface area contributed by atoms with Gasteiger partial charge in [0.2, 0.25) is 0 Å². The van der Waals surface area contributed by atoms with Crippen molar-refractivity contribution in [3.8, 4) is 0 Å². The van der Waals surface area contributed by atoms with Gasteiger partial charge in [0.15, 0.2) is 0 Å². The third-order valence-corrected chi connectivity index (χ3v) is 6.55. The van der Waals surface area contributed by atoms with Crippen LogP contribution in [0.15, 0.2) is 18.2 Å². The molecule has 5 rings (SSSR count). The van der Waals surface area contributed by atoms with E-state index in [1.807, 2.05) is 19.1 Å². The summed E-state index contributed by atoms with van der Waals surface area (Å²) in [6.07, 6.45) is 8.69. The van der Waals surface area contributed by atoms with Gasteiger partial charge in [-0.15, -0.1) is 0 Å². The quantitative estimate of drug-likeness (QED) is 0.810. The first kappa shape index (κ1) is 13.6. The predicted molar refractivity (Wildman–Crippen MR) is 84.8 cm³/mol. The molecule has 4 saturated carbocycles. The van der Waals surface area contributed by atoms with Gasteiger partial charge in [0, 0.05) is 11.7 Å². The van der Waals surface area contributed by atoms with Crippen LogP contribution in [0.1, 0.15) is 51.0 Å². The molecular weight excluding hydrogens is 261 g/mol. The van der Waals surface area contributed by atoms with Crippen LogP contribution in [0.5, 0.6) is 0 Å². The van der Waals surface area contributed by atoms with E-state index >= 15 is 0 Å². The number of aryl methyl sites for hydroxylation is 1. The highest BCUT2D eigenvalue weighted by Crippen LogP contribution is 2.61. The molecule has 0 radical (unpaired) electrons. The smallest absolute Gasteiger partial charge is 0.126 e. The van der Waals surface area contributed by atoms with Crippen molar-refractivity contribution >= 4 is 5.69 Å². The van der Waals surface area contributed by atoms with E-state index in [-0.39, 0.29) is 5.82 Å². The molecule has 0 aromatic heterocycles. The van der Waals surface area contributed by atoms with Crippen LogP contribution in [0, 0.1) is 35.9 Å². The third-order valence-electron chi connectivity index (χ3n) is 6.55. The molecule has 114 valence electrons. The minimum absolute atomic E-state index is 0.108. The highest BCUT2D eigenvalue weighted by Gasteiger charge is 2.53. The molecule has 1 atom stereocenters. The first-order chi connectivity index (χ1) is 10.0. The molecule has 0 aliphatic heterocycles. The Kier molecular flexibility index (Phi) is 3.06. The number of halogens is 1. The van der Waals surface area contributed by atoms with E-state index in [9.17, 15) is 4.39 Å². The SMILES string of the molecule is Cc1cc(NC(C)C23CC4CC(CC(C4)C2)C3)ccc1F. The van der Waals surface area contributed by atoms with E-state index in [0.717, 1.165) is 29.0 Å². The van der Waals surface area contributed by atoms with Crippen molar-refractivity contribution in [1.29, 1.82) is 0 Å². The molecule has 4 fully saturated rings. The fraction of sp³-hybridized carbons (Fsp3) is 0.684. The average Bonchev–Trinajstić information content (AvgIpc) is 2.41. The molecule has 0 spiro atoms. The van der Waals surface area contributed by atoms with Crippen molar-refractivity contribution in [3.05, 3.63) is 29.6 Å². The van der Waals surface area contributed by atoms with Gasteiger partial charge in [0.05, 0.1) is 0 Å². The molecule has 4 bridgehead atoms. The lowest BCUT2D eigenvalue weighted by Crippen LogP contribution is -2.52. The Morgan fingerprint density at radius 3 is 2.19 bits per heavy atom. The summed E-state index contributed by atoms with van der Waals surface area (Å²) in [7, 11) is 0.